The van der Waals surface area contributed by atoms with Crippen LogP contribution in [0.4, 0.5) is 5.82 Å². The van der Waals surface area contributed by atoms with Gasteiger partial charge in [0.1, 0.15) is 6.10 Å². The molecule has 1 unspecified atom stereocenters. The van der Waals surface area contributed by atoms with Crippen molar-refractivity contribution in [2.75, 3.05) is 18.8 Å². The lowest BCUT2D eigenvalue weighted by atomic mass is 10.0. The van der Waals surface area contributed by atoms with Gasteiger partial charge in [-0.1, -0.05) is 36.2 Å². The lowest BCUT2D eigenvalue weighted by Crippen LogP contribution is -2.50. The Hall–Kier alpha value is -2.77. The lowest BCUT2D eigenvalue weighted by molar-refractivity contribution is -0.135. The number of likely N-dealkylation sites (tertiary alicyclic amines) is 1. The number of hydrogen-bond donors (Lipinski definition) is 1. The Bertz CT molecular complexity index is 1170. The molecule has 1 atom stereocenters. The number of aromatic nitrogens is 3. The number of benzene rings is 1. The third-order valence-electron chi connectivity index (χ3n) is 5.99. The van der Waals surface area contributed by atoms with Gasteiger partial charge in [0.15, 0.2) is 11.6 Å². The normalized spacial score (nSPS) is 14.8. The Morgan fingerprint density at radius 2 is 2.03 bits per heavy atom. The van der Waals surface area contributed by atoms with Gasteiger partial charge < -0.3 is 15.4 Å². The standard InChI is InChI=1S/C24H27Cl2N5O2/c1-4-17-5-6-20(25)22(23(17)26)14(2)33-21-7-18(8-28-24(21)27)19-9-29-31(13-19)12-16-10-30(11-16)15(3)32/h5-9,13-14,16H,4,10-12H2,1-3H3,(H2,27,28). The fourth-order valence-corrected chi connectivity index (χ4v) is 4.85. The molecule has 1 fully saturated rings. The minimum absolute atomic E-state index is 0.117. The monoisotopic (exact) mass is 487 g/mol. The predicted octanol–water partition coefficient (Wildman–Crippen LogP) is 5.01. The molecule has 1 aliphatic heterocycles. The molecule has 3 heterocycles. The second kappa shape index (κ2) is 9.61. The topological polar surface area (TPSA) is 86.3 Å². The van der Waals surface area contributed by atoms with Crippen molar-refractivity contribution >= 4 is 34.9 Å². The van der Waals surface area contributed by atoms with E-state index in [2.05, 4.69) is 10.1 Å². The maximum atomic E-state index is 11.4. The summed E-state index contributed by atoms with van der Waals surface area (Å²) < 4.78 is 8.06. The highest BCUT2D eigenvalue weighted by molar-refractivity contribution is 6.36. The Morgan fingerprint density at radius 1 is 1.27 bits per heavy atom. The van der Waals surface area contributed by atoms with Crippen molar-refractivity contribution in [2.45, 2.75) is 39.8 Å². The SMILES string of the molecule is CCc1ccc(Cl)c(C(C)Oc2cc(-c3cnn(CC4CN(C(C)=O)C4)c3)cnc2N)c1Cl. The van der Waals surface area contributed by atoms with E-state index in [9.17, 15) is 4.79 Å². The zero-order valence-electron chi connectivity index (χ0n) is 18.9. The summed E-state index contributed by atoms with van der Waals surface area (Å²) in [5.74, 6) is 1.28. The van der Waals surface area contributed by atoms with E-state index in [1.807, 2.05) is 47.8 Å². The molecule has 2 N–H and O–H groups in total. The van der Waals surface area contributed by atoms with Crippen molar-refractivity contribution in [1.82, 2.24) is 19.7 Å². The summed E-state index contributed by atoms with van der Waals surface area (Å²) in [6, 6.07) is 5.62. The highest BCUT2D eigenvalue weighted by atomic mass is 35.5. The van der Waals surface area contributed by atoms with Crippen LogP contribution in [0.2, 0.25) is 10.0 Å². The van der Waals surface area contributed by atoms with Gasteiger partial charge in [-0.3, -0.25) is 9.48 Å². The van der Waals surface area contributed by atoms with Crippen LogP contribution in [0.25, 0.3) is 11.1 Å². The van der Waals surface area contributed by atoms with Gasteiger partial charge in [0.05, 0.1) is 11.2 Å². The molecule has 0 bridgehead atoms. The summed E-state index contributed by atoms with van der Waals surface area (Å²) >= 11 is 13.0. The first-order valence-corrected chi connectivity index (χ1v) is 11.7. The number of pyridine rings is 1. The number of ether oxygens (including phenoxy) is 1. The third-order valence-corrected chi connectivity index (χ3v) is 6.77. The maximum Gasteiger partial charge on any atom is 0.219 e. The van der Waals surface area contributed by atoms with Gasteiger partial charge in [-0.25, -0.2) is 4.98 Å². The number of hydrogen-bond acceptors (Lipinski definition) is 5. The Morgan fingerprint density at radius 3 is 2.73 bits per heavy atom. The predicted molar refractivity (Wildman–Crippen MR) is 130 cm³/mol. The highest BCUT2D eigenvalue weighted by Gasteiger charge is 2.29. The van der Waals surface area contributed by atoms with Crippen molar-refractivity contribution in [3.05, 3.63) is 58.0 Å². The van der Waals surface area contributed by atoms with E-state index in [4.69, 9.17) is 33.7 Å². The fraction of sp³-hybridized carbons (Fsp3) is 0.375. The molecular formula is C24H27Cl2N5O2. The molecule has 7 nitrogen and oxygen atoms in total. The molecule has 0 aliphatic carbocycles. The largest absolute Gasteiger partial charge is 0.482 e. The van der Waals surface area contributed by atoms with Gasteiger partial charge in [0.2, 0.25) is 5.91 Å². The number of nitrogens with two attached hydrogens (primary N) is 1. The molecule has 0 saturated carbocycles. The lowest BCUT2D eigenvalue weighted by Gasteiger charge is -2.38. The fourth-order valence-electron chi connectivity index (χ4n) is 4.04. The van der Waals surface area contributed by atoms with Crippen LogP contribution in [0.1, 0.15) is 38.0 Å². The average molecular weight is 488 g/mol. The number of amides is 1. The van der Waals surface area contributed by atoms with E-state index in [0.29, 0.717) is 21.7 Å². The molecule has 1 aliphatic rings. The van der Waals surface area contributed by atoms with Crippen LogP contribution in [0.3, 0.4) is 0 Å². The molecule has 33 heavy (non-hydrogen) atoms. The van der Waals surface area contributed by atoms with E-state index in [0.717, 1.165) is 48.3 Å². The van der Waals surface area contributed by atoms with E-state index >= 15 is 0 Å². The molecule has 0 radical (unpaired) electrons. The van der Waals surface area contributed by atoms with Crippen molar-refractivity contribution in [3.8, 4) is 16.9 Å². The molecule has 4 rings (SSSR count). The number of carbonyl (C=O) groups is 1. The van der Waals surface area contributed by atoms with Gasteiger partial charge >= 0.3 is 0 Å². The molecule has 3 aromatic rings. The molecule has 1 amide bonds. The van der Waals surface area contributed by atoms with Gasteiger partial charge in [0, 0.05) is 66.6 Å². The Kier molecular flexibility index (Phi) is 6.81. The first-order chi connectivity index (χ1) is 15.8. The van der Waals surface area contributed by atoms with Crippen molar-refractivity contribution in [3.63, 3.8) is 0 Å². The van der Waals surface area contributed by atoms with Crippen LogP contribution < -0.4 is 10.5 Å². The molecular weight excluding hydrogens is 461 g/mol. The minimum atomic E-state index is -0.415. The van der Waals surface area contributed by atoms with Gasteiger partial charge in [-0.15, -0.1) is 0 Å². The second-order valence-corrected chi connectivity index (χ2v) is 9.18. The summed E-state index contributed by atoms with van der Waals surface area (Å²) in [6.07, 6.45) is 5.84. The molecule has 1 saturated heterocycles. The maximum absolute atomic E-state index is 11.4. The first kappa shape index (κ1) is 23.4. The molecule has 2 aromatic heterocycles. The zero-order valence-corrected chi connectivity index (χ0v) is 20.4. The highest BCUT2D eigenvalue weighted by Crippen LogP contribution is 2.37. The molecule has 1 aromatic carbocycles. The number of carbonyl (C=O) groups excluding carboxylic acids is 1. The van der Waals surface area contributed by atoms with E-state index in [1.54, 1.807) is 19.3 Å². The van der Waals surface area contributed by atoms with E-state index < -0.39 is 6.10 Å². The van der Waals surface area contributed by atoms with E-state index in [-0.39, 0.29) is 11.7 Å². The van der Waals surface area contributed by atoms with Gasteiger partial charge in [-0.05, 0) is 31.0 Å². The van der Waals surface area contributed by atoms with Crippen molar-refractivity contribution < 1.29 is 9.53 Å². The second-order valence-electron chi connectivity index (χ2n) is 8.40. The summed E-state index contributed by atoms with van der Waals surface area (Å²) in [7, 11) is 0. The smallest absolute Gasteiger partial charge is 0.219 e. The summed E-state index contributed by atoms with van der Waals surface area (Å²) in [5.41, 5.74) is 9.60. The van der Waals surface area contributed by atoms with Crippen LogP contribution in [0.15, 0.2) is 36.8 Å². The Balaban J connectivity index is 1.50. The summed E-state index contributed by atoms with van der Waals surface area (Å²) in [5, 5.41) is 5.63. The number of rotatable bonds is 7. The van der Waals surface area contributed by atoms with Crippen LogP contribution in [-0.2, 0) is 17.8 Å². The van der Waals surface area contributed by atoms with E-state index in [1.165, 1.54) is 0 Å². The van der Waals surface area contributed by atoms with Crippen molar-refractivity contribution in [1.29, 1.82) is 0 Å². The molecule has 0 spiro atoms. The van der Waals surface area contributed by atoms with Crippen LogP contribution in [-0.4, -0.2) is 38.7 Å². The third kappa shape index (κ3) is 4.94. The quantitative estimate of drug-likeness (QED) is 0.505. The summed E-state index contributed by atoms with van der Waals surface area (Å²) in [6.45, 7) is 7.83. The molecule has 9 heteroatoms. The first-order valence-electron chi connectivity index (χ1n) is 10.9. The van der Waals surface area contributed by atoms with Crippen LogP contribution in [0, 0.1) is 5.92 Å². The van der Waals surface area contributed by atoms with Crippen LogP contribution >= 0.6 is 23.2 Å². The number of nitrogens with zero attached hydrogens (tertiary/aromatic N) is 4. The molecule has 174 valence electrons. The number of anilines is 1. The van der Waals surface area contributed by atoms with Crippen molar-refractivity contribution in [2.24, 2.45) is 5.92 Å². The minimum Gasteiger partial charge on any atom is -0.482 e. The number of halogens is 2. The van der Waals surface area contributed by atoms with Gasteiger partial charge in [0.25, 0.3) is 0 Å². The number of aryl methyl sites for hydroxylation is 1. The van der Waals surface area contributed by atoms with Crippen LogP contribution in [0.5, 0.6) is 5.75 Å². The van der Waals surface area contributed by atoms with Gasteiger partial charge in [-0.2, -0.15) is 5.10 Å². The summed E-state index contributed by atoms with van der Waals surface area (Å²) in [4.78, 5) is 17.5. The number of nitrogen functional groups attached to an aromatic ring is 1. The average Bonchev–Trinajstić information content (AvgIpc) is 3.20. The zero-order chi connectivity index (χ0) is 23.7. The Labute approximate surface area is 203 Å².